The van der Waals surface area contributed by atoms with Gasteiger partial charge in [0.15, 0.2) is 0 Å². The minimum atomic E-state index is -0.131. The number of rotatable bonds is 4. The van der Waals surface area contributed by atoms with Crippen molar-refractivity contribution in [3.8, 4) is 5.75 Å². The highest BCUT2D eigenvalue weighted by molar-refractivity contribution is 6.31. The Kier molecular flexibility index (Phi) is 3.65. The molecule has 2 unspecified atom stereocenters. The Labute approximate surface area is 122 Å². The topological polar surface area (TPSA) is 65.1 Å². The predicted octanol–water partition coefficient (Wildman–Crippen LogP) is 2.24. The van der Waals surface area contributed by atoms with E-state index in [0.717, 1.165) is 23.6 Å². The number of halogens is 1. The molecule has 1 aromatic carbocycles. The number of fused-ring (bicyclic) bond motifs is 1. The van der Waals surface area contributed by atoms with Crippen molar-refractivity contribution >= 4 is 11.6 Å². The van der Waals surface area contributed by atoms with Crippen LogP contribution >= 0.6 is 11.6 Å². The van der Waals surface area contributed by atoms with Crippen LogP contribution in [0, 0.1) is 0 Å². The third kappa shape index (κ3) is 2.08. The van der Waals surface area contributed by atoms with E-state index in [0.29, 0.717) is 11.6 Å². The molecular formula is C14H17ClN4O. The highest BCUT2D eigenvalue weighted by atomic mass is 35.5. The Hall–Kier alpha value is -1.56. The molecule has 0 spiro atoms. The molecule has 20 heavy (non-hydrogen) atoms. The first-order valence-corrected chi connectivity index (χ1v) is 7.03. The van der Waals surface area contributed by atoms with Crippen LogP contribution in [0.4, 0.5) is 0 Å². The zero-order valence-corrected chi connectivity index (χ0v) is 12.0. The number of hydrogen-bond donors (Lipinski definition) is 2. The molecule has 2 atom stereocenters. The SMILES string of the molecule is CCn1ncc(Cl)c1C(NN)C1COc2ccccc21. The molecule has 3 rings (SSSR count). The molecule has 1 aliphatic heterocycles. The highest BCUT2D eigenvalue weighted by Gasteiger charge is 2.34. The quantitative estimate of drug-likeness (QED) is 0.670. The van der Waals surface area contributed by atoms with E-state index in [4.69, 9.17) is 22.2 Å². The van der Waals surface area contributed by atoms with Gasteiger partial charge in [-0.15, -0.1) is 0 Å². The highest BCUT2D eigenvalue weighted by Crippen LogP contribution is 2.42. The Balaban J connectivity index is 2.01. The molecule has 0 fully saturated rings. The molecule has 106 valence electrons. The van der Waals surface area contributed by atoms with Gasteiger partial charge in [-0.2, -0.15) is 5.10 Å². The Bertz CT molecular complexity index is 613. The molecule has 1 aromatic heterocycles. The average molecular weight is 293 g/mol. The number of nitrogens with one attached hydrogen (secondary N) is 1. The van der Waals surface area contributed by atoms with Crippen LogP contribution in [0.3, 0.4) is 0 Å². The van der Waals surface area contributed by atoms with Gasteiger partial charge >= 0.3 is 0 Å². The lowest BCUT2D eigenvalue weighted by Crippen LogP contribution is -2.35. The van der Waals surface area contributed by atoms with Gasteiger partial charge in [-0.3, -0.25) is 16.0 Å². The lowest BCUT2D eigenvalue weighted by Gasteiger charge is -2.23. The van der Waals surface area contributed by atoms with Crippen molar-refractivity contribution in [2.45, 2.75) is 25.4 Å². The first-order chi connectivity index (χ1) is 9.76. The van der Waals surface area contributed by atoms with Gasteiger partial charge in [-0.1, -0.05) is 29.8 Å². The summed E-state index contributed by atoms with van der Waals surface area (Å²) in [6.45, 7) is 3.36. The molecule has 2 aromatic rings. The summed E-state index contributed by atoms with van der Waals surface area (Å²) in [5.74, 6) is 6.82. The van der Waals surface area contributed by atoms with Crippen LogP contribution < -0.4 is 16.0 Å². The van der Waals surface area contributed by atoms with Gasteiger partial charge in [0.1, 0.15) is 5.75 Å². The third-order valence-corrected chi connectivity index (χ3v) is 4.04. The van der Waals surface area contributed by atoms with E-state index in [1.807, 2.05) is 29.8 Å². The van der Waals surface area contributed by atoms with Gasteiger partial charge in [0.05, 0.1) is 29.6 Å². The molecule has 0 saturated carbocycles. The van der Waals surface area contributed by atoms with E-state index in [1.165, 1.54) is 0 Å². The van der Waals surface area contributed by atoms with E-state index in [2.05, 4.69) is 16.6 Å². The van der Waals surface area contributed by atoms with Crippen molar-refractivity contribution in [1.82, 2.24) is 15.2 Å². The second-order valence-electron chi connectivity index (χ2n) is 4.79. The summed E-state index contributed by atoms with van der Waals surface area (Å²) in [6, 6.07) is 7.88. The van der Waals surface area contributed by atoms with E-state index in [9.17, 15) is 0 Å². The van der Waals surface area contributed by atoms with Crippen LogP contribution in [0.5, 0.6) is 5.75 Å². The largest absolute Gasteiger partial charge is 0.493 e. The number of benzene rings is 1. The summed E-state index contributed by atoms with van der Waals surface area (Å²) in [6.07, 6.45) is 1.66. The summed E-state index contributed by atoms with van der Waals surface area (Å²) < 4.78 is 7.61. The van der Waals surface area contributed by atoms with Crippen molar-refractivity contribution in [1.29, 1.82) is 0 Å². The first kappa shape index (κ1) is 13.4. The van der Waals surface area contributed by atoms with Gasteiger partial charge in [0.2, 0.25) is 0 Å². The number of para-hydroxylation sites is 1. The van der Waals surface area contributed by atoms with Crippen molar-refractivity contribution < 1.29 is 4.74 Å². The van der Waals surface area contributed by atoms with Crippen molar-refractivity contribution in [2.75, 3.05) is 6.61 Å². The van der Waals surface area contributed by atoms with Gasteiger partial charge in [-0.05, 0) is 13.0 Å². The van der Waals surface area contributed by atoms with Gasteiger partial charge < -0.3 is 4.74 Å². The molecule has 5 nitrogen and oxygen atoms in total. The van der Waals surface area contributed by atoms with Crippen LogP contribution in [-0.2, 0) is 6.54 Å². The Morgan fingerprint density at radius 3 is 3.10 bits per heavy atom. The van der Waals surface area contributed by atoms with Crippen molar-refractivity contribution in [3.05, 3.63) is 46.7 Å². The minimum Gasteiger partial charge on any atom is -0.493 e. The van der Waals surface area contributed by atoms with E-state index >= 15 is 0 Å². The first-order valence-electron chi connectivity index (χ1n) is 6.65. The van der Waals surface area contributed by atoms with E-state index < -0.39 is 0 Å². The molecule has 3 N–H and O–H groups in total. The van der Waals surface area contributed by atoms with Gasteiger partial charge in [-0.25, -0.2) is 0 Å². The number of ether oxygens (including phenoxy) is 1. The molecule has 2 heterocycles. The predicted molar refractivity (Wildman–Crippen MR) is 77.7 cm³/mol. The molecule has 6 heteroatoms. The zero-order chi connectivity index (χ0) is 14.1. The molecule has 0 bridgehead atoms. The number of nitrogens with zero attached hydrogens (tertiary/aromatic N) is 2. The Morgan fingerprint density at radius 1 is 1.55 bits per heavy atom. The number of aryl methyl sites for hydroxylation is 1. The van der Waals surface area contributed by atoms with Gasteiger partial charge in [0.25, 0.3) is 0 Å². The summed E-state index contributed by atoms with van der Waals surface area (Å²) in [7, 11) is 0. The van der Waals surface area contributed by atoms with E-state index in [1.54, 1.807) is 6.20 Å². The zero-order valence-electron chi connectivity index (χ0n) is 11.2. The van der Waals surface area contributed by atoms with Crippen LogP contribution in [0.2, 0.25) is 5.02 Å². The second kappa shape index (κ2) is 5.44. The minimum absolute atomic E-state index is 0.121. The average Bonchev–Trinajstić information content (AvgIpc) is 3.06. The number of aromatic nitrogens is 2. The molecule has 0 amide bonds. The molecule has 0 aliphatic carbocycles. The smallest absolute Gasteiger partial charge is 0.122 e. The lowest BCUT2D eigenvalue weighted by atomic mass is 9.91. The maximum Gasteiger partial charge on any atom is 0.122 e. The van der Waals surface area contributed by atoms with Crippen molar-refractivity contribution in [2.24, 2.45) is 5.84 Å². The maximum atomic E-state index is 6.28. The maximum absolute atomic E-state index is 6.28. The van der Waals surface area contributed by atoms with Crippen LogP contribution in [0.1, 0.15) is 30.1 Å². The third-order valence-electron chi connectivity index (χ3n) is 3.75. The van der Waals surface area contributed by atoms with Crippen LogP contribution in [0.15, 0.2) is 30.5 Å². The van der Waals surface area contributed by atoms with Crippen LogP contribution in [0.25, 0.3) is 0 Å². The molecule has 1 aliphatic rings. The summed E-state index contributed by atoms with van der Waals surface area (Å²) >= 11 is 6.28. The monoisotopic (exact) mass is 292 g/mol. The van der Waals surface area contributed by atoms with Crippen molar-refractivity contribution in [3.63, 3.8) is 0 Å². The molecule has 0 saturated heterocycles. The Morgan fingerprint density at radius 2 is 2.35 bits per heavy atom. The number of hydrazine groups is 1. The fraction of sp³-hybridized carbons (Fsp3) is 0.357. The fourth-order valence-electron chi connectivity index (χ4n) is 2.78. The summed E-state index contributed by atoms with van der Waals surface area (Å²) in [5.41, 5.74) is 4.93. The summed E-state index contributed by atoms with van der Waals surface area (Å²) in [4.78, 5) is 0. The van der Waals surface area contributed by atoms with E-state index in [-0.39, 0.29) is 12.0 Å². The fourth-order valence-corrected chi connectivity index (χ4v) is 3.04. The van der Waals surface area contributed by atoms with Gasteiger partial charge in [0, 0.05) is 18.0 Å². The standard InChI is InChI=1S/C14H17ClN4O/c1-2-19-14(11(15)7-17-19)13(18-16)10-8-20-12-6-4-3-5-9(10)12/h3-7,10,13,18H,2,8,16H2,1H3. The summed E-state index contributed by atoms with van der Waals surface area (Å²) in [5, 5.41) is 4.90. The number of hydrogen-bond acceptors (Lipinski definition) is 4. The number of nitrogens with two attached hydrogens (primary N) is 1. The normalized spacial score (nSPS) is 18.6. The molecular weight excluding hydrogens is 276 g/mol. The molecule has 0 radical (unpaired) electrons. The lowest BCUT2D eigenvalue weighted by molar-refractivity contribution is 0.294. The van der Waals surface area contributed by atoms with Crippen LogP contribution in [-0.4, -0.2) is 16.4 Å². The second-order valence-corrected chi connectivity index (χ2v) is 5.20.